The molecular weight excluding hydrogens is 238 g/mol. The average Bonchev–Trinajstić information content (AvgIpc) is 2.82. The van der Waals surface area contributed by atoms with Crippen molar-refractivity contribution >= 4 is 5.91 Å². The van der Waals surface area contributed by atoms with Crippen molar-refractivity contribution in [3.8, 4) is 0 Å². The third-order valence-electron chi connectivity index (χ3n) is 4.92. The molecule has 3 heteroatoms. The molecular formula is C16H27NO2. The van der Waals surface area contributed by atoms with Crippen LogP contribution in [0.4, 0.5) is 0 Å². The molecule has 0 aromatic heterocycles. The number of rotatable bonds is 2. The van der Waals surface area contributed by atoms with Gasteiger partial charge in [-0.2, -0.15) is 0 Å². The van der Waals surface area contributed by atoms with Crippen molar-refractivity contribution in [2.24, 2.45) is 23.2 Å². The largest absolute Gasteiger partial charge is 0.391 e. The number of carbonyl (C=O) groups excluding carboxylic acids is 1. The van der Waals surface area contributed by atoms with Crippen LogP contribution in [-0.4, -0.2) is 35.1 Å². The third kappa shape index (κ3) is 2.71. The minimum Gasteiger partial charge on any atom is -0.391 e. The molecule has 0 aromatic carbocycles. The van der Waals surface area contributed by atoms with Crippen LogP contribution in [0.1, 0.15) is 41.0 Å². The first-order chi connectivity index (χ1) is 8.75. The molecule has 4 unspecified atom stereocenters. The Kier molecular flexibility index (Phi) is 3.78. The van der Waals surface area contributed by atoms with Crippen LogP contribution in [0.25, 0.3) is 0 Å². The number of piperidine rings is 1. The highest BCUT2D eigenvalue weighted by atomic mass is 16.3. The van der Waals surface area contributed by atoms with Crippen LogP contribution < -0.4 is 0 Å². The number of hydrogen-bond donors (Lipinski definition) is 1. The van der Waals surface area contributed by atoms with Gasteiger partial charge in [0.15, 0.2) is 0 Å². The highest BCUT2D eigenvalue weighted by Crippen LogP contribution is 2.60. The van der Waals surface area contributed by atoms with E-state index in [2.05, 4.69) is 40.7 Å². The van der Waals surface area contributed by atoms with Crippen LogP contribution in [0.3, 0.4) is 0 Å². The van der Waals surface area contributed by atoms with E-state index in [9.17, 15) is 9.90 Å². The standard InChI is InChI=1S/C16H27NO2/c1-10(2)8-12-14(16(12,4)5)15(19)17-7-6-11(3)13(18)9-17/h8,11-14,18H,6-7,9H2,1-5H3. The quantitative estimate of drug-likeness (QED) is 0.779. The summed E-state index contributed by atoms with van der Waals surface area (Å²) in [6, 6.07) is 0. The Balaban J connectivity index is 2.03. The van der Waals surface area contributed by atoms with Crippen LogP contribution in [0, 0.1) is 23.2 Å². The summed E-state index contributed by atoms with van der Waals surface area (Å²) in [4.78, 5) is 14.5. The highest BCUT2D eigenvalue weighted by molar-refractivity contribution is 5.84. The van der Waals surface area contributed by atoms with E-state index < -0.39 is 0 Å². The predicted molar refractivity (Wildman–Crippen MR) is 76.6 cm³/mol. The summed E-state index contributed by atoms with van der Waals surface area (Å²) >= 11 is 0. The van der Waals surface area contributed by atoms with Crippen LogP contribution >= 0.6 is 0 Å². The smallest absolute Gasteiger partial charge is 0.226 e. The van der Waals surface area contributed by atoms with Crippen molar-refractivity contribution < 1.29 is 9.90 Å². The van der Waals surface area contributed by atoms with E-state index >= 15 is 0 Å². The second kappa shape index (κ2) is 4.93. The second-order valence-corrected chi connectivity index (χ2v) is 7.19. The molecule has 1 amide bonds. The first-order valence-corrected chi connectivity index (χ1v) is 7.37. The number of nitrogens with zero attached hydrogens (tertiary/aromatic N) is 1. The zero-order valence-corrected chi connectivity index (χ0v) is 12.8. The van der Waals surface area contributed by atoms with Crippen molar-refractivity contribution in [2.45, 2.75) is 47.1 Å². The summed E-state index contributed by atoms with van der Waals surface area (Å²) in [7, 11) is 0. The first-order valence-electron chi connectivity index (χ1n) is 7.37. The van der Waals surface area contributed by atoms with Crippen LogP contribution in [0.15, 0.2) is 11.6 Å². The summed E-state index contributed by atoms with van der Waals surface area (Å²) in [6.45, 7) is 11.9. The monoisotopic (exact) mass is 265 g/mol. The molecule has 1 heterocycles. The van der Waals surface area contributed by atoms with Gasteiger partial charge in [0.2, 0.25) is 5.91 Å². The SMILES string of the molecule is CC(C)=CC1C(C(=O)N2CCC(C)C(O)C2)C1(C)C. The molecule has 1 N–H and O–H groups in total. The maximum Gasteiger partial charge on any atom is 0.226 e. The Morgan fingerprint density at radius 3 is 2.53 bits per heavy atom. The zero-order valence-electron chi connectivity index (χ0n) is 12.8. The van der Waals surface area contributed by atoms with Gasteiger partial charge in [0.05, 0.1) is 12.0 Å². The number of hydrogen-bond acceptors (Lipinski definition) is 2. The number of likely N-dealkylation sites (tertiary alicyclic amines) is 1. The molecule has 3 nitrogen and oxygen atoms in total. The molecule has 1 saturated carbocycles. The van der Waals surface area contributed by atoms with Gasteiger partial charge in [-0.25, -0.2) is 0 Å². The number of allylic oxidation sites excluding steroid dienone is 2. The number of carbonyl (C=O) groups is 1. The lowest BCUT2D eigenvalue weighted by Gasteiger charge is -2.34. The van der Waals surface area contributed by atoms with Crippen LogP contribution in [0.5, 0.6) is 0 Å². The lowest BCUT2D eigenvalue weighted by atomic mass is 9.95. The zero-order chi connectivity index (χ0) is 14.4. The molecule has 0 spiro atoms. The molecule has 0 bridgehead atoms. The predicted octanol–water partition coefficient (Wildman–Crippen LogP) is 2.45. The molecule has 0 aromatic rings. The molecule has 19 heavy (non-hydrogen) atoms. The van der Waals surface area contributed by atoms with Crippen molar-refractivity contribution in [2.75, 3.05) is 13.1 Å². The van der Waals surface area contributed by atoms with Gasteiger partial charge in [-0.15, -0.1) is 0 Å². The molecule has 4 atom stereocenters. The summed E-state index contributed by atoms with van der Waals surface area (Å²) in [6.07, 6.45) is 2.78. The van der Waals surface area contributed by atoms with E-state index in [1.54, 1.807) is 0 Å². The number of aliphatic hydroxyl groups is 1. The normalized spacial score (nSPS) is 36.8. The maximum atomic E-state index is 12.6. The Labute approximate surface area is 116 Å². The second-order valence-electron chi connectivity index (χ2n) is 7.19. The summed E-state index contributed by atoms with van der Waals surface area (Å²) in [5, 5.41) is 9.93. The minimum absolute atomic E-state index is 0.0718. The molecule has 1 aliphatic carbocycles. The summed E-state index contributed by atoms with van der Waals surface area (Å²) < 4.78 is 0. The van der Waals surface area contributed by atoms with Crippen molar-refractivity contribution in [1.82, 2.24) is 4.90 Å². The summed E-state index contributed by atoms with van der Waals surface area (Å²) in [5.41, 5.74) is 1.35. The van der Waals surface area contributed by atoms with E-state index in [-0.39, 0.29) is 23.3 Å². The minimum atomic E-state index is -0.360. The number of amides is 1. The lowest BCUT2D eigenvalue weighted by molar-refractivity contribution is -0.137. The van der Waals surface area contributed by atoms with Gasteiger partial charge < -0.3 is 10.0 Å². The third-order valence-corrected chi connectivity index (χ3v) is 4.92. The topological polar surface area (TPSA) is 40.5 Å². The molecule has 108 valence electrons. The maximum absolute atomic E-state index is 12.6. The van der Waals surface area contributed by atoms with Gasteiger partial charge in [-0.3, -0.25) is 4.79 Å². The molecule has 2 aliphatic rings. The number of β-amino-alcohol motifs (C(OH)–C–C–N with tert-alkyl or cyclic N) is 1. The van der Waals surface area contributed by atoms with Gasteiger partial charge >= 0.3 is 0 Å². The van der Waals surface area contributed by atoms with Gasteiger partial charge in [0, 0.05) is 13.1 Å². The molecule has 1 saturated heterocycles. The van der Waals surface area contributed by atoms with Crippen molar-refractivity contribution in [1.29, 1.82) is 0 Å². The van der Waals surface area contributed by atoms with Crippen LogP contribution in [0.2, 0.25) is 0 Å². The molecule has 1 aliphatic heterocycles. The number of aliphatic hydroxyl groups excluding tert-OH is 1. The van der Waals surface area contributed by atoms with Crippen molar-refractivity contribution in [3.63, 3.8) is 0 Å². The van der Waals surface area contributed by atoms with Gasteiger partial charge in [0.1, 0.15) is 0 Å². The Hall–Kier alpha value is -0.830. The fraction of sp³-hybridized carbons (Fsp3) is 0.812. The van der Waals surface area contributed by atoms with E-state index in [1.165, 1.54) is 5.57 Å². The Morgan fingerprint density at radius 1 is 1.37 bits per heavy atom. The molecule has 2 rings (SSSR count). The molecule has 2 fully saturated rings. The van der Waals surface area contributed by atoms with E-state index in [0.717, 1.165) is 13.0 Å². The Morgan fingerprint density at radius 2 is 2.00 bits per heavy atom. The fourth-order valence-electron chi connectivity index (χ4n) is 3.27. The van der Waals surface area contributed by atoms with Crippen molar-refractivity contribution in [3.05, 3.63) is 11.6 Å². The van der Waals surface area contributed by atoms with E-state index in [4.69, 9.17) is 0 Å². The first kappa shape index (κ1) is 14.6. The van der Waals surface area contributed by atoms with E-state index in [0.29, 0.717) is 18.4 Å². The average molecular weight is 265 g/mol. The molecule has 0 radical (unpaired) electrons. The fourth-order valence-corrected chi connectivity index (χ4v) is 3.27. The highest BCUT2D eigenvalue weighted by Gasteiger charge is 2.61. The van der Waals surface area contributed by atoms with Gasteiger partial charge in [0.25, 0.3) is 0 Å². The van der Waals surface area contributed by atoms with Crippen LogP contribution in [-0.2, 0) is 4.79 Å². The van der Waals surface area contributed by atoms with E-state index in [1.807, 2.05) is 4.90 Å². The lowest BCUT2D eigenvalue weighted by Crippen LogP contribution is -2.46. The van der Waals surface area contributed by atoms with Gasteiger partial charge in [-0.05, 0) is 37.5 Å². The van der Waals surface area contributed by atoms with Gasteiger partial charge in [-0.1, -0.05) is 32.4 Å². The summed E-state index contributed by atoms with van der Waals surface area (Å²) in [5.74, 6) is 1.01. The Bertz CT molecular complexity index is 396.